The quantitative estimate of drug-likeness (QED) is 0.722. The number of thioether (sulfide) groups is 1. The summed E-state index contributed by atoms with van der Waals surface area (Å²) in [5, 5.41) is 9.69. The van der Waals surface area contributed by atoms with Crippen molar-refractivity contribution < 1.29 is 9.47 Å². The molecule has 6 nitrogen and oxygen atoms in total. The lowest BCUT2D eigenvalue weighted by Crippen LogP contribution is -2.30. The Morgan fingerprint density at radius 3 is 2.80 bits per heavy atom. The Bertz CT molecular complexity index is 913. The van der Waals surface area contributed by atoms with Gasteiger partial charge in [0.25, 0.3) is 0 Å². The van der Waals surface area contributed by atoms with Crippen LogP contribution < -0.4 is 9.47 Å². The van der Waals surface area contributed by atoms with E-state index in [4.69, 9.17) is 9.47 Å². The zero-order valence-corrected chi connectivity index (χ0v) is 14.3. The molecule has 0 N–H and O–H groups in total. The normalized spacial score (nSPS) is 16.0. The summed E-state index contributed by atoms with van der Waals surface area (Å²) in [6.07, 6.45) is 0. The van der Waals surface area contributed by atoms with Crippen LogP contribution in [0.4, 0.5) is 0 Å². The van der Waals surface area contributed by atoms with Crippen LogP contribution in [0.3, 0.4) is 0 Å². The van der Waals surface area contributed by atoms with Crippen LogP contribution in [0, 0.1) is 0 Å². The van der Waals surface area contributed by atoms with Crippen LogP contribution in [0.15, 0.2) is 53.7 Å². The fourth-order valence-electron chi connectivity index (χ4n) is 3.11. The summed E-state index contributed by atoms with van der Waals surface area (Å²) in [4.78, 5) is 2.37. The third-order valence-corrected chi connectivity index (χ3v) is 5.36. The molecule has 2 aliphatic heterocycles. The zero-order valence-electron chi connectivity index (χ0n) is 13.5. The second kappa shape index (κ2) is 6.09. The van der Waals surface area contributed by atoms with Crippen molar-refractivity contribution >= 4 is 11.8 Å². The van der Waals surface area contributed by atoms with E-state index in [-0.39, 0.29) is 0 Å². The average Bonchev–Trinajstić information content (AvgIpc) is 3.28. The van der Waals surface area contributed by atoms with Gasteiger partial charge in [-0.2, -0.15) is 0 Å². The molecule has 0 bridgehead atoms. The number of hydrogen-bond donors (Lipinski definition) is 0. The van der Waals surface area contributed by atoms with Crippen LogP contribution in [0.25, 0.3) is 11.4 Å². The van der Waals surface area contributed by atoms with E-state index >= 15 is 0 Å². The van der Waals surface area contributed by atoms with Crippen LogP contribution in [0.2, 0.25) is 0 Å². The molecule has 3 aromatic rings. The summed E-state index contributed by atoms with van der Waals surface area (Å²) in [7, 11) is 0. The minimum Gasteiger partial charge on any atom is -0.454 e. The molecule has 0 radical (unpaired) electrons. The largest absolute Gasteiger partial charge is 0.454 e. The molecule has 0 spiro atoms. The van der Waals surface area contributed by atoms with Gasteiger partial charge in [-0.05, 0) is 17.7 Å². The molecule has 0 fully saturated rings. The maximum absolute atomic E-state index is 5.48. The van der Waals surface area contributed by atoms with E-state index in [1.54, 1.807) is 11.8 Å². The summed E-state index contributed by atoms with van der Waals surface area (Å²) in [6, 6.07) is 16.3. The highest BCUT2D eigenvalue weighted by molar-refractivity contribution is 7.99. The van der Waals surface area contributed by atoms with Gasteiger partial charge in [0.2, 0.25) is 6.79 Å². The van der Waals surface area contributed by atoms with Crippen LogP contribution in [0.1, 0.15) is 5.56 Å². The summed E-state index contributed by atoms with van der Waals surface area (Å²) >= 11 is 1.72. The van der Waals surface area contributed by atoms with Crippen molar-refractivity contribution in [3.05, 3.63) is 54.1 Å². The predicted octanol–water partition coefficient (Wildman–Crippen LogP) is 3.20. The van der Waals surface area contributed by atoms with Crippen molar-refractivity contribution in [2.45, 2.75) is 18.4 Å². The monoisotopic (exact) mass is 352 g/mol. The van der Waals surface area contributed by atoms with Crippen LogP contribution in [0.5, 0.6) is 11.5 Å². The fourth-order valence-corrected chi connectivity index (χ4v) is 3.98. The van der Waals surface area contributed by atoms with Gasteiger partial charge in [-0.25, -0.2) is 0 Å². The summed E-state index contributed by atoms with van der Waals surface area (Å²) in [6.45, 7) is 1.92. The Labute approximate surface area is 149 Å². The molecule has 25 heavy (non-hydrogen) atoms. The number of hydrogen-bond acceptors (Lipinski definition) is 6. The van der Waals surface area contributed by atoms with Crippen LogP contribution in [-0.4, -0.2) is 32.3 Å². The molecular formula is C18H16N4O2S. The van der Waals surface area contributed by atoms with E-state index in [0.29, 0.717) is 6.79 Å². The van der Waals surface area contributed by atoms with E-state index in [0.717, 1.165) is 47.1 Å². The van der Waals surface area contributed by atoms with Crippen LogP contribution >= 0.6 is 11.8 Å². The Hall–Kier alpha value is -2.51. The molecule has 2 aromatic carbocycles. The van der Waals surface area contributed by atoms with Crippen molar-refractivity contribution in [3.63, 3.8) is 0 Å². The molecule has 2 aliphatic rings. The molecular weight excluding hydrogens is 336 g/mol. The number of rotatable bonds is 3. The van der Waals surface area contributed by atoms with Crippen molar-refractivity contribution in [1.82, 2.24) is 19.7 Å². The third kappa shape index (κ3) is 2.75. The Kier molecular flexibility index (Phi) is 3.61. The molecule has 5 rings (SSSR count). The van der Waals surface area contributed by atoms with E-state index in [1.807, 2.05) is 24.3 Å². The summed E-state index contributed by atoms with van der Waals surface area (Å²) in [5.41, 5.74) is 2.30. The van der Waals surface area contributed by atoms with Gasteiger partial charge in [0.1, 0.15) is 0 Å². The van der Waals surface area contributed by atoms with Crippen molar-refractivity contribution in [2.24, 2.45) is 0 Å². The molecule has 0 unspecified atom stereocenters. The molecule has 0 amide bonds. The lowest BCUT2D eigenvalue weighted by Gasteiger charge is -2.27. The lowest BCUT2D eigenvalue weighted by atomic mass is 10.2. The van der Waals surface area contributed by atoms with Gasteiger partial charge in [0.05, 0.1) is 12.5 Å². The lowest BCUT2D eigenvalue weighted by molar-refractivity contribution is 0.174. The number of benzene rings is 2. The third-order valence-electron chi connectivity index (χ3n) is 4.31. The fraction of sp³-hybridized carbons (Fsp3) is 0.222. The Balaban J connectivity index is 1.38. The number of ether oxygens (including phenoxy) is 2. The second-order valence-electron chi connectivity index (χ2n) is 6.03. The number of fused-ring (bicyclic) bond motifs is 2. The standard InChI is InChI=1S/C18H16N4O2S/c1-2-4-14(5-3-1)17-19-20-18-22(17)10-21(11-25-18)9-13-6-7-15-16(8-13)24-12-23-15/h1-8H,9-12H2. The molecule has 0 atom stereocenters. The van der Waals surface area contributed by atoms with Crippen molar-refractivity contribution in [1.29, 1.82) is 0 Å². The average molecular weight is 352 g/mol. The summed E-state index contributed by atoms with van der Waals surface area (Å²) < 4.78 is 13.0. The highest BCUT2D eigenvalue weighted by Crippen LogP contribution is 2.34. The van der Waals surface area contributed by atoms with E-state index in [9.17, 15) is 0 Å². The molecule has 1 aromatic heterocycles. The molecule has 0 saturated carbocycles. The molecule has 0 saturated heterocycles. The van der Waals surface area contributed by atoms with Gasteiger partial charge in [-0.3, -0.25) is 9.47 Å². The molecule has 7 heteroatoms. The summed E-state index contributed by atoms with van der Waals surface area (Å²) in [5.74, 6) is 3.46. The van der Waals surface area contributed by atoms with Crippen molar-refractivity contribution in [2.75, 3.05) is 12.7 Å². The van der Waals surface area contributed by atoms with E-state index < -0.39 is 0 Å². The molecule has 3 heterocycles. The first kappa shape index (κ1) is 14.8. The second-order valence-corrected chi connectivity index (χ2v) is 6.94. The SMILES string of the molecule is c1ccc(-c2nnc3n2CN(Cc2ccc4c(c2)OCO4)CS3)cc1. The highest BCUT2D eigenvalue weighted by atomic mass is 32.2. The maximum Gasteiger partial charge on any atom is 0.231 e. The molecule has 0 aliphatic carbocycles. The van der Waals surface area contributed by atoms with Crippen LogP contribution in [-0.2, 0) is 13.2 Å². The predicted molar refractivity (Wildman–Crippen MR) is 94.3 cm³/mol. The van der Waals surface area contributed by atoms with Crippen molar-refractivity contribution in [3.8, 4) is 22.9 Å². The topological polar surface area (TPSA) is 52.4 Å². The Morgan fingerprint density at radius 1 is 1.00 bits per heavy atom. The highest BCUT2D eigenvalue weighted by Gasteiger charge is 2.23. The van der Waals surface area contributed by atoms with Gasteiger partial charge in [-0.1, -0.05) is 48.2 Å². The first-order chi connectivity index (χ1) is 12.4. The van der Waals surface area contributed by atoms with Gasteiger partial charge in [-0.15, -0.1) is 10.2 Å². The maximum atomic E-state index is 5.48. The minimum absolute atomic E-state index is 0.308. The first-order valence-corrected chi connectivity index (χ1v) is 9.08. The number of nitrogens with zero attached hydrogens (tertiary/aromatic N) is 4. The van der Waals surface area contributed by atoms with E-state index in [2.05, 4.69) is 43.9 Å². The first-order valence-electron chi connectivity index (χ1n) is 8.09. The Morgan fingerprint density at radius 2 is 1.88 bits per heavy atom. The minimum atomic E-state index is 0.308. The van der Waals surface area contributed by atoms with Gasteiger partial charge >= 0.3 is 0 Å². The smallest absolute Gasteiger partial charge is 0.231 e. The van der Waals surface area contributed by atoms with Gasteiger partial charge in [0.15, 0.2) is 22.5 Å². The van der Waals surface area contributed by atoms with E-state index in [1.165, 1.54) is 5.56 Å². The molecule has 126 valence electrons. The van der Waals surface area contributed by atoms with Gasteiger partial charge in [0, 0.05) is 12.1 Å². The zero-order chi connectivity index (χ0) is 16.6. The van der Waals surface area contributed by atoms with Gasteiger partial charge < -0.3 is 9.47 Å². The number of aromatic nitrogens is 3.